The van der Waals surface area contributed by atoms with Gasteiger partial charge in [-0.25, -0.2) is 0 Å². The molecule has 0 spiro atoms. The Balaban J connectivity index is 1.81. The van der Waals surface area contributed by atoms with Crippen LogP contribution < -0.4 is 10.1 Å². The molecular formula is C16H19NO3S. The Hall–Kier alpha value is -1.85. The van der Waals surface area contributed by atoms with Crippen molar-refractivity contribution in [2.24, 2.45) is 0 Å². The summed E-state index contributed by atoms with van der Waals surface area (Å²) in [5.74, 6) is 0.418. The number of amides is 1. The lowest BCUT2D eigenvalue weighted by molar-refractivity contribution is -0.123. The molecule has 112 valence electrons. The molecule has 0 fully saturated rings. The van der Waals surface area contributed by atoms with Crippen molar-refractivity contribution in [3.8, 4) is 5.75 Å². The Morgan fingerprint density at radius 2 is 2.24 bits per heavy atom. The van der Waals surface area contributed by atoms with E-state index in [-0.39, 0.29) is 12.5 Å². The fourth-order valence-electron chi connectivity index (χ4n) is 1.83. The van der Waals surface area contributed by atoms with Gasteiger partial charge in [0.2, 0.25) is 0 Å². The molecule has 1 aromatic heterocycles. The zero-order valence-corrected chi connectivity index (χ0v) is 12.9. The maximum atomic E-state index is 11.8. The van der Waals surface area contributed by atoms with Crippen LogP contribution in [0, 0.1) is 6.92 Å². The molecule has 0 saturated carbocycles. The van der Waals surface area contributed by atoms with Crippen molar-refractivity contribution in [2.45, 2.75) is 26.5 Å². The summed E-state index contributed by atoms with van der Waals surface area (Å²) >= 11 is 1.63. The van der Waals surface area contributed by atoms with Crippen molar-refractivity contribution in [2.75, 3.05) is 6.61 Å². The summed E-state index contributed by atoms with van der Waals surface area (Å²) in [7, 11) is 0. The summed E-state index contributed by atoms with van der Waals surface area (Å²) in [5, 5.41) is 14.3. The number of ether oxygens (including phenoxy) is 1. The molecule has 0 bridgehead atoms. The Morgan fingerprint density at radius 1 is 1.43 bits per heavy atom. The fourth-order valence-corrected chi connectivity index (χ4v) is 2.67. The Bertz CT molecular complexity index is 607. The number of benzene rings is 1. The highest BCUT2D eigenvalue weighted by atomic mass is 32.1. The van der Waals surface area contributed by atoms with E-state index in [4.69, 9.17) is 4.74 Å². The maximum Gasteiger partial charge on any atom is 0.258 e. The van der Waals surface area contributed by atoms with Gasteiger partial charge in [0, 0.05) is 4.88 Å². The number of nitrogens with one attached hydrogen (secondary N) is 1. The van der Waals surface area contributed by atoms with Crippen LogP contribution in [0.5, 0.6) is 5.75 Å². The smallest absolute Gasteiger partial charge is 0.258 e. The van der Waals surface area contributed by atoms with E-state index >= 15 is 0 Å². The van der Waals surface area contributed by atoms with Gasteiger partial charge in [0.15, 0.2) is 6.61 Å². The average molecular weight is 305 g/mol. The number of hydrogen-bond donors (Lipinski definition) is 2. The third-order valence-corrected chi connectivity index (χ3v) is 4.15. The molecule has 1 aromatic carbocycles. The highest BCUT2D eigenvalue weighted by Gasteiger charge is 2.06. The SMILES string of the molecule is Cc1ccsc1CNC(=O)COc1cccc([C@@H](C)O)c1. The molecule has 0 saturated heterocycles. The molecule has 21 heavy (non-hydrogen) atoms. The highest BCUT2D eigenvalue weighted by molar-refractivity contribution is 7.10. The van der Waals surface area contributed by atoms with Crippen molar-refractivity contribution in [3.05, 3.63) is 51.7 Å². The molecule has 0 unspecified atom stereocenters. The molecule has 0 aliphatic heterocycles. The molecule has 1 amide bonds. The number of aliphatic hydroxyl groups is 1. The van der Waals surface area contributed by atoms with Gasteiger partial charge in [-0.2, -0.15) is 0 Å². The van der Waals surface area contributed by atoms with Crippen LogP contribution in [0.3, 0.4) is 0 Å². The van der Waals surface area contributed by atoms with E-state index in [2.05, 4.69) is 5.32 Å². The number of aliphatic hydroxyl groups excluding tert-OH is 1. The first-order valence-electron chi connectivity index (χ1n) is 6.77. The Morgan fingerprint density at radius 3 is 2.90 bits per heavy atom. The molecule has 1 heterocycles. The van der Waals surface area contributed by atoms with Gasteiger partial charge in [0.25, 0.3) is 5.91 Å². The minimum absolute atomic E-state index is 0.0340. The van der Waals surface area contributed by atoms with E-state index in [1.165, 1.54) is 5.56 Å². The average Bonchev–Trinajstić information content (AvgIpc) is 2.88. The van der Waals surface area contributed by atoms with Crippen LogP contribution in [0.4, 0.5) is 0 Å². The first-order chi connectivity index (χ1) is 10.1. The van der Waals surface area contributed by atoms with E-state index in [1.54, 1.807) is 36.5 Å². The molecule has 0 radical (unpaired) electrons. The maximum absolute atomic E-state index is 11.8. The lowest BCUT2D eigenvalue weighted by atomic mass is 10.1. The summed E-state index contributed by atoms with van der Waals surface area (Å²) in [6, 6.07) is 9.15. The molecule has 4 nitrogen and oxygen atoms in total. The first-order valence-corrected chi connectivity index (χ1v) is 7.64. The molecular weight excluding hydrogens is 286 g/mol. The summed E-state index contributed by atoms with van der Waals surface area (Å²) in [4.78, 5) is 12.9. The Kier molecular flexibility index (Phi) is 5.36. The van der Waals surface area contributed by atoms with Crippen molar-refractivity contribution >= 4 is 17.2 Å². The molecule has 5 heteroatoms. The van der Waals surface area contributed by atoms with Crippen molar-refractivity contribution in [1.82, 2.24) is 5.32 Å². The van der Waals surface area contributed by atoms with Crippen LogP contribution in [-0.2, 0) is 11.3 Å². The third-order valence-electron chi connectivity index (χ3n) is 3.12. The molecule has 0 aliphatic carbocycles. The van der Waals surface area contributed by atoms with E-state index in [0.29, 0.717) is 12.3 Å². The van der Waals surface area contributed by atoms with Gasteiger partial charge in [-0.1, -0.05) is 12.1 Å². The largest absolute Gasteiger partial charge is 0.484 e. The predicted molar refractivity (Wildman–Crippen MR) is 83.5 cm³/mol. The topological polar surface area (TPSA) is 58.6 Å². The van der Waals surface area contributed by atoms with E-state index in [0.717, 1.165) is 10.4 Å². The van der Waals surface area contributed by atoms with Crippen LogP contribution in [0.25, 0.3) is 0 Å². The van der Waals surface area contributed by atoms with Gasteiger partial charge >= 0.3 is 0 Å². The van der Waals surface area contributed by atoms with Crippen molar-refractivity contribution in [3.63, 3.8) is 0 Å². The first kappa shape index (κ1) is 15.5. The van der Waals surface area contributed by atoms with E-state index in [9.17, 15) is 9.90 Å². The van der Waals surface area contributed by atoms with Gasteiger partial charge in [-0.15, -0.1) is 11.3 Å². The molecule has 1 atom stereocenters. The number of rotatable bonds is 6. The highest BCUT2D eigenvalue weighted by Crippen LogP contribution is 2.18. The molecule has 2 N–H and O–H groups in total. The van der Waals surface area contributed by atoms with Gasteiger partial charge in [0.1, 0.15) is 5.75 Å². The van der Waals surface area contributed by atoms with E-state index < -0.39 is 6.10 Å². The zero-order valence-electron chi connectivity index (χ0n) is 12.1. The summed E-state index contributed by atoms with van der Waals surface area (Å²) < 4.78 is 5.44. The number of hydrogen-bond acceptors (Lipinski definition) is 4. The van der Waals surface area contributed by atoms with Crippen LogP contribution in [0.2, 0.25) is 0 Å². The Labute approximate surface area is 128 Å². The number of aryl methyl sites for hydroxylation is 1. The minimum Gasteiger partial charge on any atom is -0.484 e. The van der Waals surface area contributed by atoms with Gasteiger partial charge in [-0.05, 0) is 48.6 Å². The second kappa shape index (κ2) is 7.24. The van der Waals surface area contributed by atoms with Crippen LogP contribution in [0.1, 0.15) is 29.0 Å². The predicted octanol–water partition coefficient (Wildman–Crippen LogP) is 2.81. The van der Waals surface area contributed by atoms with Gasteiger partial charge in [0.05, 0.1) is 12.6 Å². The molecule has 2 aromatic rings. The van der Waals surface area contributed by atoms with Crippen LogP contribution >= 0.6 is 11.3 Å². The lowest BCUT2D eigenvalue weighted by Gasteiger charge is -2.10. The van der Waals surface area contributed by atoms with Crippen molar-refractivity contribution in [1.29, 1.82) is 0 Å². The molecule has 2 rings (SSSR count). The second-order valence-corrected chi connectivity index (χ2v) is 5.84. The normalized spacial score (nSPS) is 12.0. The third kappa shape index (κ3) is 4.58. The monoisotopic (exact) mass is 305 g/mol. The zero-order chi connectivity index (χ0) is 15.2. The number of thiophene rings is 1. The summed E-state index contributed by atoms with van der Waals surface area (Å²) in [5.41, 5.74) is 1.95. The minimum atomic E-state index is -0.552. The quantitative estimate of drug-likeness (QED) is 0.863. The molecule has 0 aliphatic rings. The van der Waals surface area contributed by atoms with Crippen LogP contribution in [0.15, 0.2) is 35.7 Å². The van der Waals surface area contributed by atoms with E-state index in [1.807, 2.05) is 24.4 Å². The van der Waals surface area contributed by atoms with Gasteiger partial charge < -0.3 is 15.2 Å². The number of carbonyl (C=O) groups excluding carboxylic acids is 1. The number of carbonyl (C=O) groups is 1. The fraction of sp³-hybridized carbons (Fsp3) is 0.312. The standard InChI is InChI=1S/C16H19NO3S/c1-11-6-7-21-15(11)9-17-16(19)10-20-14-5-3-4-13(8-14)12(2)18/h3-8,12,18H,9-10H2,1-2H3,(H,17,19)/t12-/m1/s1. The van der Waals surface area contributed by atoms with Crippen LogP contribution in [-0.4, -0.2) is 17.6 Å². The lowest BCUT2D eigenvalue weighted by Crippen LogP contribution is -2.28. The summed E-state index contributed by atoms with van der Waals surface area (Å²) in [6.07, 6.45) is -0.552. The van der Waals surface area contributed by atoms with Gasteiger partial charge in [-0.3, -0.25) is 4.79 Å². The second-order valence-electron chi connectivity index (χ2n) is 4.84. The summed E-state index contributed by atoms with van der Waals surface area (Å²) in [6.45, 7) is 4.21. The van der Waals surface area contributed by atoms with Crippen molar-refractivity contribution < 1.29 is 14.6 Å².